The van der Waals surface area contributed by atoms with Crippen LogP contribution in [0, 0.1) is 6.92 Å². The van der Waals surface area contributed by atoms with Gasteiger partial charge in [-0.25, -0.2) is 4.79 Å². The number of esters is 1. The van der Waals surface area contributed by atoms with E-state index in [2.05, 4.69) is 0 Å². The zero-order chi connectivity index (χ0) is 16.1. The Hall–Kier alpha value is -2.95. The van der Waals surface area contributed by atoms with E-state index in [0.717, 1.165) is 5.56 Å². The molecule has 0 atom stereocenters. The molecule has 0 aliphatic rings. The normalized spacial score (nSPS) is 10.0. The standard InChI is InChI=1S/C17H14O5/c1-11-2-7-15(19)14(8-11)17(21)22-10-16(20)13-5-3-12(9-18)4-6-13/h2-9,19H,10H2,1H3. The fourth-order valence-electron chi connectivity index (χ4n) is 1.85. The fraction of sp³-hybridized carbons (Fsp3) is 0.118. The third-order valence-corrected chi connectivity index (χ3v) is 3.08. The summed E-state index contributed by atoms with van der Waals surface area (Å²) in [5.41, 5.74) is 1.61. The number of aromatic hydroxyl groups is 1. The number of benzene rings is 2. The number of aldehydes is 1. The van der Waals surface area contributed by atoms with Gasteiger partial charge in [-0.2, -0.15) is 0 Å². The first-order valence-corrected chi connectivity index (χ1v) is 6.56. The van der Waals surface area contributed by atoms with Gasteiger partial charge in [0, 0.05) is 11.1 Å². The molecule has 0 aromatic heterocycles. The number of hydrogen-bond acceptors (Lipinski definition) is 5. The maximum absolute atomic E-state index is 11.9. The van der Waals surface area contributed by atoms with Crippen LogP contribution in [0.2, 0.25) is 0 Å². The zero-order valence-electron chi connectivity index (χ0n) is 11.9. The average Bonchev–Trinajstić information content (AvgIpc) is 2.54. The average molecular weight is 298 g/mol. The second-order valence-corrected chi connectivity index (χ2v) is 4.76. The van der Waals surface area contributed by atoms with E-state index in [1.807, 2.05) is 0 Å². The van der Waals surface area contributed by atoms with E-state index in [1.165, 1.54) is 36.4 Å². The summed E-state index contributed by atoms with van der Waals surface area (Å²) in [6, 6.07) is 10.5. The van der Waals surface area contributed by atoms with Crippen molar-refractivity contribution in [1.29, 1.82) is 0 Å². The number of ketones is 1. The van der Waals surface area contributed by atoms with Crippen LogP contribution in [0.25, 0.3) is 0 Å². The second kappa shape index (κ2) is 6.67. The van der Waals surface area contributed by atoms with Gasteiger partial charge < -0.3 is 9.84 Å². The Morgan fingerprint density at radius 1 is 1.14 bits per heavy atom. The van der Waals surface area contributed by atoms with Crippen LogP contribution in [-0.2, 0) is 4.74 Å². The number of carbonyl (C=O) groups excluding carboxylic acids is 3. The van der Waals surface area contributed by atoms with Gasteiger partial charge in [0.1, 0.15) is 17.6 Å². The molecule has 0 aliphatic heterocycles. The summed E-state index contributed by atoms with van der Waals surface area (Å²) in [6.45, 7) is 1.34. The lowest BCUT2D eigenvalue weighted by molar-refractivity contribution is 0.0471. The second-order valence-electron chi connectivity index (χ2n) is 4.76. The Morgan fingerprint density at radius 3 is 2.45 bits per heavy atom. The molecule has 2 aromatic carbocycles. The maximum Gasteiger partial charge on any atom is 0.342 e. The number of phenols is 1. The highest BCUT2D eigenvalue weighted by Crippen LogP contribution is 2.19. The van der Waals surface area contributed by atoms with Crippen LogP contribution in [0.3, 0.4) is 0 Å². The Bertz CT molecular complexity index is 716. The highest BCUT2D eigenvalue weighted by Gasteiger charge is 2.15. The zero-order valence-corrected chi connectivity index (χ0v) is 11.9. The van der Waals surface area contributed by atoms with Gasteiger partial charge >= 0.3 is 5.97 Å². The molecule has 0 saturated heterocycles. The molecule has 0 bridgehead atoms. The summed E-state index contributed by atoms with van der Waals surface area (Å²) in [7, 11) is 0. The van der Waals surface area contributed by atoms with Crippen LogP contribution in [0.15, 0.2) is 42.5 Å². The third kappa shape index (κ3) is 3.58. The lowest BCUT2D eigenvalue weighted by Crippen LogP contribution is -2.14. The van der Waals surface area contributed by atoms with Crippen molar-refractivity contribution in [3.63, 3.8) is 0 Å². The van der Waals surface area contributed by atoms with Gasteiger partial charge in [-0.3, -0.25) is 9.59 Å². The van der Waals surface area contributed by atoms with Crippen molar-refractivity contribution in [1.82, 2.24) is 0 Å². The van der Waals surface area contributed by atoms with E-state index in [4.69, 9.17) is 4.74 Å². The summed E-state index contributed by atoms with van der Waals surface area (Å²) >= 11 is 0. The van der Waals surface area contributed by atoms with E-state index < -0.39 is 18.4 Å². The van der Waals surface area contributed by atoms with Crippen molar-refractivity contribution in [3.8, 4) is 5.75 Å². The Kier molecular flexibility index (Phi) is 4.68. The van der Waals surface area contributed by atoms with Crippen LogP contribution in [0.1, 0.15) is 36.6 Å². The third-order valence-electron chi connectivity index (χ3n) is 3.08. The van der Waals surface area contributed by atoms with E-state index >= 15 is 0 Å². The van der Waals surface area contributed by atoms with Gasteiger partial charge in [0.2, 0.25) is 0 Å². The fourth-order valence-corrected chi connectivity index (χ4v) is 1.85. The van der Waals surface area contributed by atoms with Crippen LogP contribution in [0.4, 0.5) is 0 Å². The molecule has 5 nitrogen and oxygen atoms in total. The monoisotopic (exact) mass is 298 g/mol. The molecule has 0 spiro atoms. The molecular weight excluding hydrogens is 284 g/mol. The lowest BCUT2D eigenvalue weighted by Gasteiger charge is -2.07. The van der Waals surface area contributed by atoms with Gasteiger partial charge in [0.25, 0.3) is 0 Å². The number of rotatable bonds is 5. The number of phenolic OH excluding ortho intramolecular Hbond substituents is 1. The van der Waals surface area contributed by atoms with E-state index in [1.54, 1.807) is 13.0 Å². The summed E-state index contributed by atoms with van der Waals surface area (Å²) in [6.07, 6.45) is 0.675. The first-order valence-electron chi connectivity index (χ1n) is 6.56. The molecule has 0 unspecified atom stereocenters. The molecule has 0 radical (unpaired) electrons. The lowest BCUT2D eigenvalue weighted by atomic mass is 10.1. The number of ether oxygens (including phenoxy) is 1. The van der Waals surface area contributed by atoms with Gasteiger partial charge in [0.15, 0.2) is 12.4 Å². The van der Waals surface area contributed by atoms with Crippen molar-refractivity contribution >= 4 is 18.0 Å². The Labute approximate surface area is 127 Å². The molecule has 0 amide bonds. The molecule has 5 heteroatoms. The summed E-state index contributed by atoms with van der Waals surface area (Å²) < 4.78 is 4.92. The molecule has 0 heterocycles. The van der Waals surface area contributed by atoms with Crippen LogP contribution in [-0.4, -0.2) is 29.8 Å². The highest BCUT2D eigenvalue weighted by atomic mass is 16.5. The Morgan fingerprint density at radius 2 is 1.82 bits per heavy atom. The van der Waals surface area contributed by atoms with Gasteiger partial charge in [-0.05, 0) is 19.1 Å². The van der Waals surface area contributed by atoms with E-state index in [0.29, 0.717) is 17.4 Å². The van der Waals surface area contributed by atoms with Gasteiger partial charge in [0.05, 0.1) is 0 Å². The van der Waals surface area contributed by atoms with Gasteiger partial charge in [-0.15, -0.1) is 0 Å². The van der Waals surface area contributed by atoms with Crippen molar-refractivity contribution in [2.24, 2.45) is 0 Å². The molecule has 2 aromatic rings. The molecule has 0 aliphatic carbocycles. The topological polar surface area (TPSA) is 80.7 Å². The number of carbonyl (C=O) groups is 3. The van der Waals surface area contributed by atoms with Gasteiger partial charge in [-0.1, -0.05) is 35.9 Å². The highest BCUT2D eigenvalue weighted by molar-refractivity contribution is 6.00. The minimum atomic E-state index is -0.765. The smallest absolute Gasteiger partial charge is 0.342 e. The van der Waals surface area contributed by atoms with Crippen molar-refractivity contribution < 1.29 is 24.2 Å². The van der Waals surface area contributed by atoms with E-state index in [9.17, 15) is 19.5 Å². The first kappa shape index (κ1) is 15.4. The Balaban J connectivity index is 2.02. The SMILES string of the molecule is Cc1ccc(O)c(C(=O)OCC(=O)c2ccc(C=O)cc2)c1. The predicted molar refractivity (Wildman–Crippen MR) is 79.3 cm³/mol. The summed E-state index contributed by atoms with van der Waals surface area (Å²) in [5, 5.41) is 9.63. The molecule has 1 N–H and O–H groups in total. The predicted octanol–water partition coefficient (Wildman–Crippen LogP) is 2.55. The van der Waals surface area contributed by atoms with Crippen molar-refractivity contribution in [3.05, 3.63) is 64.7 Å². The summed E-state index contributed by atoms with van der Waals surface area (Å²) in [4.78, 5) is 34.3. The van der Waals surface area contributed by atoms with Crippen LogP contribution in [0.5, 0.6) is 5.75 Å². The van der Waals surface area contributed by atoms with Crippen LogP contribution < -0.4 is 0 Å². The molecule has 0 fully saturated rings. The number of Topliss-reactive ketones (excluding diaryl/α,β-unsaturated/α-hetero) is 1. The molecular formula is C17H14O5. The maximum atomic E-state index is 11.9. The minimum absolute atomic E-state index is 0.0177. The quantitative estimate of drug-likeness (QED) is 0.521. The van der Waals surface area contributed by atoms with Crippen LogP contribution >= 0.6 is 0 Å². The van der Waals surface area contributed by atoms with E-state index in [-0.39, 0.29) is 11.3 Å². The number of hydrogen-bond donors (Lipinski definition) is 1. The summed E-state index contributed by atoms with van der Waals surface area (Å²) in [5.74, 6) is -1.35. The molecule has 112 valence electrons. The first-order chi connectivity index (χ1) is 10.5. The molecule has 0 saturated carbocycles. The molecule has 2 rings (SSSR count). The van der Waals surface area contributed by atoms with Crippen molar-refractivity contribution in [2.45, 2.75) is 6.92 Å². The van der Waals surface area contributed by atoms with Crippen molar-refractivity contribution in [2.75, 3.05) is 6.61 Å². The number of aryl methyl sites for hydroxylation is 1. The largest absolute Gasteiger partial charge is 0.507 e. The minimum Gasteiger partial charge on any atom is -0.507 e. The molecule has 22 heavy (non-hydrogen) atoms.